The van der Waals surface area contributed by atoms with Crippen molar-refractivity contribution < 1.29 is 9.59 Å². The largest absolute Gasteiger partial charge is 0.339 e. The van der Waals surface area contributed by atoms with Crippen LogP contribution in [0.4, 0.5) is 11.5 Å². The fraction of sp³-hybridized carbons (Fsp3) is 0.333. The molecule has 2 heterocycles. The summed E-state index contributed by atoms with van der Waals surface area (Å²) in [4.78, 5) is 37.9. The summed E-state index contributed by atoms with van der Waals surface area (Å²) in [6, 6.07) is 11.5. The van der Waals surface area contributed by atoms with Gasteiger partial charge in [0.15, 0.2) is 0 Å². The minimum Gasteiger partial charge on any atom is -0.339 e. The molecule has 0 bridgehead atoms. The van der Waals surface area contributed by atoms with Crippen LogP contribution in [0.15, 0.2) is 42.7 Å². The first-order valence-electron chi connectivity index (χ1n) is 8.22. The molecule has 1 aliphatic heterocycles. The van der Waals surface area contributed by atoms with Crippen molar-refractivity contribution >= 4 is 23.3 Å². The lowest BCUT2D eigenvalue weighted by Gasteiger charge is -2.34. The van der Waals surface area contributed by atoms with Gasteiger partial charge in [-0.25, -0.2) is 9.97 Å². The van der Waals surface area contributed by atoms with E-state index in [1.807, 2.05) is 42.3 Å². The zero-order chi connectivity index (χ0) is 17.8. The second-order valence-corrected chi connectivity index (χ2v) is 5.95. The highest BCUT2D eigenvalue weighted by molar-refractivity contribution is 5.93. The van der Waals surface area contributed by atoms with Gasteiger partial charge in [-0.2, -0.15) is 0 Å². The molecule has 1 fully saturated rings. The van der Waals surface area contributed by atoms with Crippen LogP contribution in [0.3, 0.4) is 0 Å². The van der Waals surface area contributed by atoms with E-state index in [-0.39, 0.29) is 11.8 Å². The zero-order valence-electron chi connectivity index (χ0n) is 14.4. The molecule has 25 heavy (non-hydrogen) atoms. The summed E-state index contributed by atoms with van der Waals surface area (Å²) >= 11 is 0. The molecule has 2 aromatic rings. The number of para-hydroxylation sites is 1. The Morgan fingerprint density at radius 3 is 2.28 bits per heavy atom. The van der Waals surface area contributed by atoms with Crippen molar-refractivity contribution in [1.82, 2.24) is 19.8 Å². The van der Waals surface area contributed by atoms with Crippen LogP contribution in [0.5, 0.6) is 0 Å². The van der Waals surface area contributed by atoms with E-state index in [1.165, 1.54) is 6.33 Å². The highest BCUT2D eigenvalue weighted by atomic mass is 16.2. The Hall–Kier alpha value is -2.96. The topological polar surface area (TPSA) is 69.6 Å². The molecule has 2 amide bonds. The van der Waals surface area contributed by atoms with Gasteiger partial charge in [0, 0.05) is 51.9 Å². The molecule has 7 heteroatoms. The minimum absolute atomic E-state index is 0.0425. The fourth-order valence-electron chi connectivity index (χ4n) is 2.82. The average molecular weight is 339 g/mol. The zero-order valence-corrected chi connectivity index (χ0v) is 14.4. The Balaban J connectivity index is 1.73. The number of piperazine rings is 1. The van der Waals surface area contributed by atoms with Crippen LogP contribution in [0.2, 0.25) is 0 Å². The molecule has 0 unspecified atom stereocenters. The SMILES string of the molecule is CC(=O)N1CCN(C(=O)c2cc(N(C)c3ccccc3)ncn2)CC1. The van der Waals surface area contributed by atoms with Gasteiger partial charge in [0.25, 0.3) is 5.91 Å². The normalized spacial score (nSPS) is 14.3. The number of carbonyl (C=O) groups is 2. The van der Waals surface area contributed by atoms with Crippen molar-refractivity contribution in [3.8, 4) is 0 Å². The van der Waals surface area contributed by atoms with Crippen molar-refractivity contribution in [3.05, 3.63) is 48.4 Å². The molecule has 0 saturated carbocycles. The predicted molar refractivity (Wildman–Crippen MR) is 94.7 cm³/mol. The summed E-state index contributed by atoms with van der Waals surface area (Å²) < 4.78 is 0. The Morgan fingerprint density at radius 2 is 1.64 bits per heavy atom. The maximum atomic E-state index is 12.7. The molecular weight excluding hydrogens is 318 g/mol. The van der Waals surface area contributed by atoms with Crippen LogP contribution in [0.1, 0.15) is 17.4 Å². The van der Waals surface area contributed by atoms with Crippen LogP contribution >= 0.6 is 0 Å². The number of hydrogen-bond acceptors (Lipinski definition) is 5. The molecule has 1 aromatic heterocycles. The average Bonchev–Trinajstić information content (AvgIpc) is 2.67. The Morgan fingerprint density at radius 1 is 1.00 bits per heavy atom. The highest BCUT2D eigenvalue weighted by Crippen LogP contribution is 2.21. The van der Waals surface area contributed by atoms with Crippen LogP contribution in [0.25, 0.3) is 0 Å². The summed E-state index contributed by atoms with van der Waals surface area (Å²) in [5.74, 6) is 0.571. The Bertz CT molecular complexity index is 757. The minimum atomic E-state index is -0.131. The number of amides is 2. The Labute approximate surface area is 146 Å². The summed E-state index contributed by atoms with van der Waals surface area (Å²) in [6.07, 6.45) is 1.41. The quantitative estimate of drug-likeness (QED) is 0.848. The van der Waals surface area contributed by atoms with Gasteiger partial charge in [-0.15, -0.1) is 0 Å². The van der Waals surface area contributed by atoms with Gasteiger partial charge in [0.1, 0.15) is 17.8 Å². The standard InChI is InChI=1S/C18H21N5O2/c1-14(24)22-8-10-23(11-9-22)18(25)16-12-17(20-13-19-16)21(2)15-6-4-3-5-7-15/h3-7,12-13H,8-11H2,1-2H3. The van der Waals surface area contributed by atoms with Gasteiger partial charge < -0.3 is 14.7 Å². The van der Waals surface area contributed by atoms with Crippen molar-refractivity contribution in [3.63, 3.8) is 0 Å². The predicted octanol–water partition coefficient (Wildman–Crippen LogP) is 1.55. The number of benzene rings is 1. The summed E-state index contributed by atoms with van der Waals surface area (Å²) in [5.41, 5.74) is 1.35. The highest BCUT2D eigenvalue weighted by Gasteiger charge is 2.24. The van der Waals surface area contributed by atoms with Gasteiger partial charge >= 0.3 is 0 Å². The molecule has 7 nitrogen and oxygen atoms in total. The van der Waals surface area contributed by atoms with Crippen LogP contribution in [0, 0.1) is 0 Å². The lowest BCUT2D eigenvalue weighted by Crippen LogP contribution is -2.50. The molecule has 0 atom stereocenters. The first kappa shape index (κ1) is 16.9. The van der Waals surface area contributed by atoms with Gasteiger partial charge in [-0.3, -0.25) is 9.59 Å². The maximum absolute atomic E-state index is 12.7. The van der Waals surface area contributed by atoms with E-state index < -0.39 is 0 Å². The number of hydrogen-bond donors (Lipinski definition) is 0. The van der Waals surface area contributed by atoms with Crippen LogP contribution in [-0.4, -0.2) is 64.8 Å². The van der Waals surface area contributed by atoms with Gasteiger partial charge in [-0.05, 0) is 12.1 Å². The van der Waals surface area contributed by atoms with E-state index in [9.17, 15) is 9.59 Å². The third kappa shape index (κ3) is 3.76. The van der Waals surface area contributed by atoms with Gasteiger partial charge in [-0.1, -0.05) is 18.2 Å². The smallest absolute Gasteiger partial charge is 0.272 e. The number of nitrogens with zero attached hydrogens (tertiary/aromatic N) is 5. The van der Waals surface area contributed by atoms with Crippen molar-refractivity contribution in [1.29, 1.82) is 0 Å². The molecule has 0 aliphatic carbocycles. The van der Waals surface area contributed by atoms with Crippen LogP contribution < -0.4 is 4.90 Å². The number of carbonyl (C=O) groups excluding carboxylic acids is 2. The van der Waals surface area contributed by atoms with E-state index >= 15 is 0 Å². The number of aromatic nitrogens is 2. The molecule has 1 aromatic carbocycles. The van der Waals surface area contributed by atoms with Crippen LogP contribution in [-0.2, 0) is 4.79 Å². The molecule has 0 spiro atoms. The first-order chi connectivity index (χ1) is 12.1. The monoisotopic (exact) mass is 339 g/mol. The fourth-order valence-corrected chi connectivity index (χ4v) is 2.82. The third-order valence-electron chi connectivity index (χ3n) is 4.37. The second-order valence-electron chi connectivity index (χ2n) is 5.95. The molecule has 1 saturated heterocycles. The number of rotatable bonds is 3. The second kappa shape index (κ2) is 7.29. The van der Waals surface area contributed by atoms with Gasteiger partial charge in [0.05, 0.1) is 0 Å². The molecule has 0 N–H and O–H groups in total. The van der Waals surface area contributed by atoms with E-state index in [1.54, 1.807) is 22.8 Å². The van der Waals surface area contributed by atoms with E-state index in [0.29, 0.717) is 37.7 Å². The van der Waals surface area contributed by atoms with E-state index in [0.717, 1.165) is 5.69 Å². The molecule has 3 rings (SSSR count). The van der Waals surface area contributed by atoms with E-state index in [4.69, 9.17) is 0 Å². The van der Waals surface area contributed by atoms with Crippen molar-refractivity contribution in [2.75, 3.05) is 38.1 Å². The lowest BCUT2D eigenvalue weighted by atomic mass is 10.2. The summed E-state index contributed by atoms with van der Waals surface area (Å²) in [6.45, 7) is 3.71. The van der Waals surface area contributed by atoms with Crippen molar-refractivity contribution in [2.24, 2.45) is 0 Å². The summed E-state index contributed by atoms with van der Waals surface area (Å²) in [5, 5.41) is 0. The lowest BCUT2D eigenvalue weighted by molar-refractivity contribution is -0.130. The van der Waals surface area contributed by atoms with E-state index in [2.05, 4.69) is 9.97 Å². The molecule has 0 radical (unpaired) electrons. The van der Waals surface area contributed by atoms with Gasteiger partial charge in [0.2, 0.25) is 5.91 Å². The maximum Gasteiger partial charge on any atom is 0.272 e. The molecule has 130 valence electrons. The molecular formula is C18H21N5O2. The third-order valence-corrected chi connectivity index (χ3v) is 4.37. The summed E-state index contributed by atoms with van der Waals surface area (Å²) in [7, 11) is 1.90. The Kier molecular flexibility index (Phi) is 4.92. The first-order valence-corrected chi connectivity index (χ1v) is 8.22. The molecule has 1 aliphatic rings. The van der Waals surface area contributed by atoms with Crippen molar-refractivity contribution in [2.45, 2.75) is 6.92 Å². The number of anilines is 2.